The number of benzene rings is 1. The Balaban J connectivity index is 2.32. The van der Waals surface area contributed by atoms with Crippen molar-refractivity contribution >= 4 is 5.91 Å². The van der Waals surface area contributed by atoms with Gasteiger partial charge >= 0.3 is 0 Å². The van der Waals surface area contributed by atoms with E-state index in [-0.39, 0.29) is 11.8 Å². The van der Waals surface area contributed by atoms with Gasteiger partial charge in [0.05, 0.1) is 20.1 Å². The molecule has 1 aliphatic heterocycles. The third kappa shape index (κ3) is 1.83. The second-order valence-corrected chi connectivity index (χ2v) is 3.75. The molecule has 0 spiro atoms. The molecule has 86 valence electrons. The zero-order chi connectivity index (χ0) is 11.5. The number of carbonyl (C=O) groups excluding carboxylic acids is 1. The highest BCUT2D eigenvalue weighted by Crippen LogP contribution is 2.32. The SMILES string of the molecule is COc1ccc([C@@H]2CCNC2=O)cc1OC. The molecular weight excluding hydrogens is 206 g/mol. The summed E-state index contributed by atoms with van der Waals surface area (Å²) >= 11 is 0. The number of ether oxygens (including phenoxy) is 2. The minimum atomic E-state index is -0.0557. The van der Waals surface area contributed by atoms with Gasteiger partial charge < -0.3 is 14.8 Å². The molecule has 1 aromatic rings. The van der Waals surface area contributed by atoms with Crippen molar-refractivity contribution in [2.45, 2.75) is 12.3 Å². The van der Waals surface area contributed by atoms with Crippen LogP contribution in [0.4, 0.5) is 0 Å². The fourth-order valence-electron chi connectivity index (χ4n) is 1.98. The second-order valence-electron chi connectivity index (χ2n) is 3.75. The highest BCUT2D eigenvalue weighted by Gasteiger charge is 2.26. The topological polar surface area (TPSA) is 47.6 Å². The minimum Gasteiger partial charge on any atom is -0.493 e. The summed E-state index contributed by atoms with van der Waals surface area (Å²) in [5, 5.41) is 2.82. The van der Waals surface area contributed by atoms with Crippen LogP contribution in [0.5, 0.6) is 11.5 Å². The van der Waals surface area contributed by atoms with Crippen molar-refractivity contribution < 1.29 is 14.3 Å². The third-order valence-electron chi connectivity index (χ3n) is 2.86. The van der Waals surface area contributed by atoms with E-state index in [0.717, 1.165) is 18.5 Å². The zero-order valence-corrected chi connectivity index (χ0v) is 9.45. The molecule has 0 aromatic heterocycles. The molecule has 1 fully saturated rings. The summed E-state index contributed by atoms with van der Waals surface area (Å²) in [6, 6.07) is 5.62. The zero-order valence-electron chi connectivity index (χ0n) is 9.45. The van der Waals surface area contributed by atoms with Crippen molar-refractivity contribution in [2.75, 3.05) is 20.8 Å². The van der Waals surface area contributed by atoms with Crippen LogP contribution in [-0.2, 0) is 4.79 Å². The normalized spacial score (nSPS) is 19.4. The Morgan fingerprint density at radius 2 is 2.00 bits per heavy atom. The van der Waals surface area contributed by atoms with Crippen molar-refractivity contribution in [3.8, 4) is 11.5 Å². The van der Waals surface area contributed by atoms with E-state index in [1.165, 1.54) is 0 Å². The Morgan fingerprint density at radius 1 is 1.25 bits per heavy atom. The maximum absolute atomic E-state index is 11.5. The molecule has 0 saturated carbocycles. The van der Waals surface area contributed by atoms with Crippen LogP contribution in [0.25, 0.3) is 0 Å². The van der Waals surface area contributed by atoms with Gasteiger partial charge in [-0.25, -0.2) is 0 Å². The van der Waals surface area contributed by atoms with Crippen molar-refractivity contribution in [1.82, 2.24) is 5.32 Å². The molecule has 1 aromatic carbocycles. The number of amides is 1. The molecule has 1 atom stereocenters. The maximum Gasteiger partial charge on any atom is 0.227 e. The summed E-state index contributed by atoms with van der Waals surface area (Å²) in [7, 11) is 3.19. The van der Waals surface area contributed by atoms with E-state index in [1.807, 2.05) is 18.2 Å². The monoisotopic (exact) mass is 221 g/mol. The lowest BCUT2D eigenvalue weighted by Crippen LogP contribution is -2.17. The van der Waals surface area contributed by atoms with Crippen molar-refractivity contribution in [3.63, 3.8) is 0 Å². The molecule has 1 saturated heterocycles. The van der Waals surface area contributed by atoms with Crippen LogP contribution in [0, 0.1) is 0 Å². The Labute approximate surface area is 94.6 Å². The molecule has 1 heterocycles. The lowest BCUT2D eigenvalue weighted by Gasteiger charge is -2.12. The summed E-state index contributed by atoms with van der Waals surface area (Å²) in [4.78, 5) is 11.5. The second kappa shape index (κ2) is 4.43. The quantitative estimate of drug-likeness (QED) is 0.837. The molecule has 0 bridgehead atoms. The van der Waals surface area contributed by atoms with Crippen LogP contribution in [0.1, 0.15) is 17.9 Å². The molecule has 0 radical (unpaired) electrons. The van der Waals surface area contributed by atoms with Crippen LogP contribution >= 0.6 is 0 Å². The molecule has 0 aliphatic carbocycles. The van der Waals surface area contributed by atoms with Crippen molar-refractivity contribution in [1.29, 1.82) is 0 Å². The van der Waals surface area contributed by atoms with Gasteiger partial charge in [-0.05, 0) is 24.1 Å². The summed E-state index contributed by atoms with van der Waals surface area (Å²) in [6.45, 7) is 0.748. The highest BCUT2D eigenvalue weighted by atomic mass is 16.5. The van der Waals surface area contributed by atoms with Gasteiger partial charge in [0.1, 0.15) is 0 Å². The van der Waals surface area contributed by atoms with Crippen LogP contribution in [0.3, 0.4) is 0 Å². The van der Waals surface area contributed by atoms with E-state index in [2.05, 4.69) is 5.32 Å². The predicted molar refractivity (Wildman–Crippen MR) is 59.9 cm³/mol. The fourth-order valence-corrected chi connectivity index (χ4v) is 1.98. The Bertz CT molecular complexity index is 403. The van der Waals surface area contributed by atoms with E-state index in [1.54, 1.807) is 14.2 Å². The van der Waals surface area contributed by atoms with Crippen LogP contribution in [0.15, 0.2) is 18.2 Å². The van der Waals surface area contributed by atoms with Gasteiger partial charge in [0.25, 0.3) is 0 Å². The molecule has 16 heavy (non-hydrogen) atoms. The van der Waals surface area contributed by atoms with Gasteiger partial charge in [0, 0.05) is 6.54 Å². The number of rotatable bonds is 3. The Hall–Kier alpha value is -1.71. The molecule has 2 rings (SSSR count). The Kier molecular flexibility index (Phi) is 2.99. The predicted octanol–water partition coefficient (Wildman–Crippen LogP) is 1.31. The fraction of sp³-hybridized carbons (Fsp3) is 0.417. The molecular formula is C12H15NO3. The van der Waals surface area contributed by atoms with Gasteiger partial charge in [-0.3, -0.25) is 4.79 Å². The average Bonchev–Trinajstić information content (AvgIpc) is 2.74. The standard InChI is InChI=1S/C12H15NO3/c1-15-10-4-3-8(7-11(10)16-2)9-5-6-13-12(9)14/h3-4,7,9H,5-6H2,1-2H3,(H,13,14)/t9-/m0/s1. The number of hydrogen-bond acceptors (Lipinski definition) is 3. The first-order valence-electron chi connectivity index (χ1n) is 5.26. The summed E-state index contributed by atoms with van der Waals surface area (Å²) in [5.41, 5.74) is 0.979. The molecule has 4 nitrogen and oxygen atoms in total. The first-order chi connectivity index (χ1) is 7.76. The highest BCUT2D eigenvalue weighted by molar-refractivity contribution is 5.85. The number of nitrogens with one attached hydrogen (secondary N) is 1. The van der Waals surface area contributed by atoms with E-state index >= 15 is 0 Å². The van der Waals surface area contributed by atoms with Gasteiger partial charge in [-0.2, -0.15) is 0 Å². The largest absolute Gasteiger partial charge is 0.493 e. The molecule has 1 aliphatic rings. The summed E-state index contributed by atoms with van der Waals surface area (Å²) in [6.07, 6.45) is 0.842. The van der Waals surface area contributed by atoms with Crippen LogP contribution in [0.2, 0.25) is 0 Å². The first-order valence-corrected chi connectivity index (χ1v) is 5.26. The van der Waals surface area contributed by atoms with Gasteiger partial charge in [-0.15, -0.1) is 0 Å². The maximum atomic E-state index is 11.5. The number of methoxy groups -OCH3 is 2. The first kappa shape index (κ1) is 10.8. The lowest BCUT2D eigenvalue weighted by atomic mass is 9.97. The van der Waals surface area contributed by atoms with Crippen LogP contribution < -0.4 is 14.8 Å². The van der Waals surface area contributed by atoms with E-state index < -0.39 is 0 Å². The Morgan fingerprint density at radius 3 is 2.56 bits per heavy atom. The van der Waals surface area contributed by atoms with E-state index in [4.69, 9.17) is 9.47 Å². The van der Waals surface area contributed by atoms with Gasteiger partial charge in [-0.1, -0.05) is 6.07 Å². The van der Waals surface area contributed by atoms with Crippen molar-refractivity contribution in [2.24, 2.45) is 0 Å². The van der Waals surface area contributed by atoms with E-state index in [0.29, 0.717) is 11.5 Å². The van der Waals surface area contributed by atoms with Gasteiger partial charge in [0.2, 0.25) is 5.91 Å². The summed E-state index contributed by atoms with van der Waals surface area (Å²) < 4.78 is 10.4. The minimum absolute atomic E-state index is 0.0557. The molecule has 0 unspecified atom stereocenters. The molecule has 1 N–H and O–H groups in total. The number of hydrogen-bond donors (Lipinski definition) is 1. The molecule has 4 heteroatoms. The van der Waals surface area contributed by atoms with Crippen molar-refractivity contribution in [3.05, 3.63) is 23.8 Å². The summed E-state index contributed by atoms with van der Waals surface area (Å²) in [5.74, 6) is 1.39. The third-order valence-corrected chi connectivity index (χ3v) is 2.86. The smallest absolute Gasteiger partial charge is 0.227 e. The number of carbonyl (C=O) groups is 1. The molecule has 1 amide bonds. The lowest BCUT2D eigenvalue weighted by molar-refractivity contribution is -0.120. The van der Waals surface area contributed by atoms with Gasteiger partial charge in [0.15, 0.2) is 11.5 Å². The van der Waals surface area contributed by atoms with E-state index in [9.17, 15) is 4.79 Å². The average molecular weight is 221 g/mol. The van der Waals surface area contributed by atoms with Crippen LogP contribution in [-0.4, -0.2) is 26.7 Å².